The number of carbonyl (C=O) groups is 3. The van der Waals surface area contributed by atoms with Gasteiger partial charge in [-0.05, 0) is 50.2 Å². The predicted octanol–water partition coefficient (Wildman–Crippen LogP) is 2.90. The van der Waals surface area contributed by atoms with Gasteiger partial charge in [0.1, 0.15) is 24.7 Å². The molecule has 2 rings (SSSR count). The molecule has 0 atom stereocenters. The Morgan fingerprint density at radius 1 is 1.07 bits per heavy atom. The maximum Gasteiger partial charge on any atom is 0.325 e. The quantitative estimate of drug-likeness (QED) is 0.568. The van der Waals surface area contributed by atoms with Crippen molar-refractivity contribution in [2.45, 2.75) is 20.5 Å². The van der Waals surface area contributed by atoms with E-state index >= 15 is 0 Å². The van der Waals surface area contributed by atoms with Gasteiger partial charge in [-0.25, -0.2) is 4.39 Å². The van der Waals surface area contributed by atoms with Crippen molar-refractivity contribution in [3.63, 3.8) is 0 Å². The Bertz CT molecular complexity index is 850. The Labute approximate surface area is 156 Å². The summed E-state index contributed by atoms with van der Waals surface area (Å²) in [5, 5.41) is 2.37. The molecular formula is C20H20FNO5. The number of carbonyl (C=O) groups excluding carboxylic acids is 3. The third kappa shape index (κ3) is 5.91. The molecule has 0 spiro atoms. The third-order valence-corrected chi connectivity index (χ3v) is 3.64. The van der Waals surface area contributed by atoms with Gasteiger partial charge in [-0.1, -0.05) is 6.07 Å². The summed E-state index contributed by atoms with van der Waals surface area (Å²) in [6.07, 6.45) is 0. The Balaban J connectivity index is 1.93. The van der Waals surface area contributed by atoms with E-state index in [1.807, 2.05) is 6.92 Å². The van der Waals surface area contributed by atoms with Gasteiger partial charge in [0, 0.05) is 16.7 Å². The average Bonchev–Trinajstić information content (AvgIpc) is 2.65. The molecule has 0 aromatic heterocycles. The van der Waals surface area contributed by atoms with E-state index in [-0.39, 0.29) is 24.5 Å². The van der Waals surface area contributed by atoms with Crippen LogP contribution >= 0.6 is 0 Å². The first-order valence-corrected chi connectivity index (χ1v) is 8.36. The first-order valence-electron chi connectivity index (χ1n) is 8.36. The minimum Gasteiger partial charge on any atom is -0.493 e. The summed E-state index contributed by atoms with van der Waals surface area (Å²) in [6, 6.07) is 10.0. The molecule has 0 aliphatic carbocycles. The Morgan fingerprint density at radius 2 is 1.85 bits per heavy atom. The molecule has 1 N–H and O–H groups in total. The number of ether oxygens (including phenoxy) is 2. The van der Waals surface area contributed by atoms with Gasteiger partial charge in [0.05, 0.1) is 6.61 Å². The van der Waals surface area contributed by atoms with Gasteiger partial charge in [-0.2, -0.15) is 0 Å². The van der Waals surface area contributed by atoms with Crippen LogP contribution in [0.5, 0.6) is 5.75 Å². The Kier molecular flexibility index (Phi) is 7.05. The minimum absolute atomic E-state index is 0.106. The highest BCUT2D eigenvalue weighted by molar-refractivity contribution is 5.96. The number of nitrogens with one attached hydrogen (secondary N) is 1. The number of hydrogen-bond acceptors (Lipinski definition) is 5. The van der Waals surface area contributed by atoms with E-state index < -0.39 is 17.7 Å². The SMILES string of the molecule is CCOc1ccc(C(C)=O)cc1COC(=O)CNC(=O)c1cccc(F)c1. The number of rotatable bonds is 8. The monoisotopic (exact) mass is 373 g/mol. The summed E-state index contributed by atoms with van der Waals surface area (Å²) in [5.74, 6) is -1.40. The molecular weight excluding hydrogens is 353 g/mol. The zero-order chi connectivity index (χ0) is 19.8. The molecule has 0 aliphatic heterocycles. The predicted molar refractivity (Wildman–Crippen MR) is 96.1 cm³/mol. The highest BCUT2D eigenvalue weighted by Gasteiger charge is 2.12. The van der Waals surface area contributed by atoms with Gasteiger partial charge < -0.3 is 14.8 Å². The first-order chi connectivity index (χ1) is 12.9. The second-order valence-electron chi connectivity index (χ2n) is 5.67. The molecule has 0 radical (unpaired) electrons. The third-order valence-electron chi connectivity index (χ3n) is 3.64. The molecule has 0 heterocycles. The number of Topliss-reactive ketones (excluding diaryl/α,β-unsaturated/α-hetero) is 1. The molecule has 0 aliphatic rings. The van der Waals surface area contributed by atoms with Crippen LogP contribution in [0.4, 0.5) is 4.39 Å². The van der Waals surface area contributed by atoms with Crippen LogP contribution in [-0.2, 0) is 16.1 Å². The van der Waals surface area contributed by atoms with E-state index in [2.05, 4.69) is 5.32 Å². The molecule has 0 bridgehead atoms. The van der Waals surface area contributed by atoms with E-state index in [0.717, 1.165) is 6.07 Å². The summed E-state index contributed by atoms with van der Waals surface area (Å²) in [4.78, 5) is 35.3. The van der Waals surface area contributed by atoms with E-state index in [9.17, 15) is 18.8 Å². The number of hydrogen-bond donors (Lipinski definition) is 1. The molecule has 142 valence electrons. The molecule has 2 aromatic rings. The molecule has 1 amide bonds. The number of amides is 1. The van der Waals surface area contributed by atoms with Gasteiger partial charge in [0.25, 0.3) is 5.91 Å². The van der Waals surface area contributed by atoms with Crippen LogP contribution in [0, 0.1) is 5.82 Å². The summed E-state index contributed by atoms with van der Waals surface area (Å²) < 4.78 is 23.7. The number of halogens is 1. The average molecular weight is 373 g/mol. The summed E-state index contributed by atoms with van der Waals surface area (Å²) in [5.41, 5.74) is 1.13. The molecule has 7 heteroatoms. The Morgan fingerprint density at radius 3 is 2.52 bits per heavy atom. The van der Waals surface area contributed by atoms with Crippen molar-refractivity contribution in [1.82, 2.24) is 5.32 Å². The zero-order valence-corrected chi connectivity index (χ0v) is 15.1. The topological polar surface area (TPSA) is 81.7 Å². The lowest BCUT2D eigenvalue weighted by Crippen LogP contribution is -2.30. The fourth-order valence-corrected chi connectivity index (χ4v) is 2.30. The van der Waals surface area contributed by atoms with Crippen molar-refractivity contribution in [3.8, 4) is 5.75 Å². The van der Waals surface area contributed by atoms with Crippen molar-refractivity contribution >= 4 is 17.7 Å². The normalized spacial score (nSPS) is 10.2. The summed E-state index contributed by atoms with van der Waals surface area (Å²) in [7, 11) is 0. The summed E-state index contributed by atoms with van der Waals surface area (Å²) >= 11 is 0. The second kappa shape index (κ2) is 9.47. The van der Waals surface area contributed by atoms with Crippen molar-refractivity contribution < 1.29 is 28.2 Å². The van der Waals surface area contributed by atoms with E-state index in [1.54, 1.807) is 18.2 Å². The van der Waals surface area contributed by atoms with Crippen LogP contribution in [0.2, 0.25) is 0 Å². The lowest BCUT2D eigenvalue weighted by molar-refractivity contribution is -0.143. The van der Waals surface area contributed by atoms with Crippen LogP contribution in [-0.4, -0.2) is 30.8 Å². The van der Waals surface area contributed by atoms with Crippen LogP contribution in [0.25, 0.3) is 0 Å². The molecule has 27 heavy (non-hydrogen) atoms. The van der Waals surface area contributed by atoms with E-state index in [1.165, 1.54) is 25.1 Å². The molecule has 6 nitrogen and oxygen atoms in total. The van der Waals surface area contributed by atoms with Gasteiger partial charge in [-0.3, -0.25) is 14.4 Å². The largest absolute Gasteiger partial charge is 0.493 e. The molecule has 2 aromatic carbocycles. The highest BCUT2D eigenvalue weighted by atomic mass is 19.1. The van der Waals surface area contributed by atoms with Crippen molar-refractivity contribution in [1.29, 1.82) is 0 Å². The van der Waals surface area contributed by atoms with Gasteiger partial charge in [0.15, 0.2) is 5.78 Å². The van der Waals surface area contributed by atoms with Gasteiger partial charge in [0.2, 0.25) is 0 Å². The highest BCUT2D eigenvalue weighted by Crippen LogP contribution is 2.21. The standard InChI is InChI=1S/C20H20FNO5/c1-3-26-18-8-7-14(13(2)23)9-16(18)12-27-19(24)11-22-20(25)15-5-4-6-17(21)10-15/h4-10H,3,11-12H2,1-2H3,(H,22,25). The molecule has 0 saturated heterocycles. The van der Waals surface area contributed by atoms with Crippen molar-refractivity contribution in [2.75, 3.05) is 13.2 Å². The van der Waals surface area contributed by atoms with Crippen LogP contribution < -0.4 is 10.1 Å². The Hall–Kier alpha value is -3.22. The van der Waals surface area contributed by atoms with Gasteiger partial charge >= 0.3 is 5.97 Å². The van der Waals surface area contributed by atoms with E-state index in [4.69, 9.17) is 9.47 Å². The van der Waals surface area contributed by atoms with Crippen LogP contribution in [0.15, 0.2) is 42.5 Å². The molecule has 0 saturated carbocycles. The second-order valence-corrected chi connectivity index (χ2v) is 5.67. The first kappa shape index (κ1) is 20.1. The smallest absolute Gasteiger partial charge is 0.325 e. The fraction of sp³-hybridized carbons (Fsp3) is 0.250. The lowest BCUT2D eigenvalue weighted by Gasteiger charge is -2.12. The maximum atomic E-state index is 13.1. The van der Waals surface area contributed by atoms with Crippen LogP contribution in [0.1, 0.15) is 40.1 Å². The lowest BCUT2D eigenvalue weighted by atomic mass is 10.1. The fourth-order valence-electron chi connectivity index (χ4n) is 2.30. The maximum absolute atomic E-state index is 13.1. The van der Waals surface area contributed by atoms with Crippen molar-refractivity contribution in [3.05, 3.63) is 65.0 Å². The van der Waals surface area contributed by atoms with Crippen LogP contribution in [0.3, 0.4) is 0 Å². The van der Waals surface area contributed by atoms with Gasteiger partial charge in [-0.15, -0.1) is 0 Å². The molecule has 0 unspecified atom stereocenters. The number of esters is 1. The van der Waals surface area contributed by atoms with Crippen molar-refractivity contribution in [2.24, 2.45) is 0 Å². The summed E-state index contributed by atoms with van der Waals surface area (Å²) in [6.45, 7) is 3.20. The molecule has 0 fully saturated rings. The zero-order valence-electron chi connectivity index (χ0n) is 15.1. The number of benzene rings is 2. The minimum atomic E-state index is -0.671. The van der Waals surface area contributed by atoms with E-state index in [0.29, 0.717) is 23.5 Å². The number of ketones is 1.